The van der Waals surface area contributed by atoms with Crippen LogP contribution in [0, 0.1) is 11.7 Å². The summed E-state index contributed by atoms with van der Waals surface area (Å²) in [6.45, 7) is 8.67. The lowest BCUT2D eigenvalue weighted by Gasteiger charge is -2.35. The molecule has 8 heteroatoms. The number of piperidine rings is 1. The number of benzene rings is 2. The number of aromatic nitrogens is 3. The molecule has 0 atom stereocenters. The van der Waals surface area contributed by atoms with Gasteiger partial charge in [0.2, 0.25) is 10.7 Å². The Bertz CT molecular complexity index is 1190. The Hall–Kier alpha value is -2.81. The largest absolute Gasteiger partial charge is 0.342 e. The van der Waals surface area contributed by atoms with Crippen molar-refractivity contribution < 1.29 is 4.79 Å². The Balaban J connectivity index is 1.29. The van der Waals surface area contributed by atoms with E-state index in [-0.39, 0.29) is 5.91 Å². The number of aryl methyl sites for hydroxylation is 1. The minimum Gasteiger partial charge on any atom is -0.342 e. The van der Waals surface area contributed by atoms with Crippen molar-refractivity contribution >= 4 is 18.1 Å². The number of hydrogen-bond donors (Lipinski definition) is 0. The number of nitrogens with zero attached hydrogens (tertiary/aromatic N) is 6. The van der Waals surface area contributed by atoms with E-state index in [1.165, 1.54) is 12.0 Å². The van der Waals surface area contributed by atoms with Gasteiger partial charge in [-0.15, -0.1) is 5.10 Å². The standard InChI is InChI=1S/C27H34N6OS/c1-22-10-12-24(13-11-22)33-26(23-8-4-2-5-9-23)28-32(27(33)35)21-30-18-16-29(17-19-30)20-25(34)31-14-6-3-7-15-31/h2,4-5,8-13H,3,6-7,14-21H2,1H3. The summed E-state index contributed by atoms with van der Waals surface area (Å²) >= 11 is 5.92. The van der Waals surface area contributed by atoms with E-state index in [1.807, 2.05) is 27.8 Å². The maximum Gasteiger partial charge on any atom is 0.236 e. The Morgan fingerprint density at radius 3 is 2.20 bits per heavy atom. The van der Waals surface area contributed by atoms with E-state index in [0.29, 0.717) is 18.0 Å². The van der Waals surface area contributed by atoms with Gasteiger partial charge < -0.3 is 4.90 Å². The fraction of sp³-hybridized carbons (Fsp3) is 0.444. The van der Waals surface area contributed by atoms with Crippen molar-refractivity contribution in [2.45, 2.75) is 32.9 Å². The molecule has 0 unspecified atom stereocenters. The number of likely N-dealkylation sites (tertiary alicyclic amines) is 1. The minimum absolute atomic E-state index is 0.282. The lowest BCUT2D eigenvalue weighted by atomic mass is 10.1. The van der Waals surface area contributed by atoms with E-state index < -0.39 is 0 Å². The summed E-state index contributed by atoms with van der Waals surface area (Å²) in [6, 6.07) is 18.6. The van der Waals surface area contributed by atoms with E-state index in [1.54, 1.807) is 0 Å². The Labute approximate surface area is 212 Å². The average molecular weight is 491 g/mol. The van der Waals surface area contributed by atoms with Crippen molar-refractivity contribution in [3.63, 3.8) is 0 Å². The smallest absolute Gasteiger partial charge is 0.236 e. The first-order chi connectivity index (χ1) is 17.1. The van der Waals surface area contributed by atoms with Gasteiger partial charge in [-0.05, 0) is 50.5 Å². The first kappa shape index (κ1) is 23.9. The molecule has 3 heterocycles. The van der Waals surface area contributed by atoms with Crippen molar-refractivity contribution in [2.24, 2.45) is 0 Å². The Kier molecular flexibility index (Phi) is 7.41. The maximum atomic E-state index is 12.7. The molecule has 0 spiro atoms. The summed E-state index contributed by atoms with van der Waals surface area (Å²) in [5.74, 6) is 1.13. The predicted molar refractivity (Wildman–Crippen MR) is 141 cm³/mol. The van der Waals surface area contributed by atoms with Crippen LogP contribution in [0.1, 0.15) is 24.8 Å². The molecule has 2 aromatic carbocycles. The fourth-order valence-electron chi connectivity index (χ4n) is 4.91. The van der Waals surface area contributed by atoms with Crippen molar-refractivity contribution in [3.8, 4) is 17.1 Å². The minimum atomic E-state index is 0.282. The molecule has 35 heavy (non-hydrogen) atoms. The molecule has 1 amide bonds. The first-order valence-electron chi connectivity index (χ1n) is 12.6. The monoisotopic (exact) mass is 490 g/mol. The van der Waals surface area contributed by atoms with Crippen molar-refractivity contribution in [2.75, 3.05) is 45.8 Å². The van der Waals surface area contributed by atoms with Crippen LogP contribution in [0.15, 0.2) is 54.6 Å². The molecule has 0 bridgehead atoms. The molecule has 3 aromatic rings. The highest BCUT2D eigenvalue weighted by Gasteiger charge is 2.24. The quantitative estimate of drug-likeness (QED) is 0.490. The van der Waals surface area contributed by atoms with Crippen LogP contribution in [0.2, 0.25) is 0 Å². The zero-order valence-corrected chi connectivity index (χ0v) is 21.3. The summed E-state index contributed by atoms with van der Waals surface area (Å²) in [7, 11) is 0. The molecule has 0 aliphatic carbocycles. The van der Waals surface area contributed by atoms with Gasteiger partial charge in [0.25, 0.3) is 0 Å². The third-order valence-corrected chi connectivity index (χ3v) is 7.42. The predicted octanol–water partition coefficient (Wildman–Crippen LogP) is 3.97. The lowest BCUT2D eigenvalue weighted by Crippen LogP contribution is -2.50. The highest BCUT2D eigenvalue weighted by atomic mass is 32.1. The van der Waals surface area contributed by atoms with Crippen LogP contribution in [0.3, 0.4) is 0 Å². The van der Waals surface area contributed by atoms with Gasteiger partial charge in [-0.1, -0.05) is 48.0 Å². The molecular formula is C27H34N6OS. The third-order valence-electron chi connectivity index (χ3n) is 7.03. The highest BCUT2D eigenvalue weighted by Crippen LogP contribution is 2.23. The number of piperazine rings is 1. The van der Waals surface area contributed by atoms with Gasteiger partial charge in [-0.2, -0.15) is 0 Å². The van der Waals surface area contributed by atoms with Crippen molar-refractivity contribution in [1.29, 1.82) is 0 Å². The second kappa shape index (κ2) is 10.8. The molecule has 2 saturated heterocycles. The maximum absolute atomic E-state index is 12.7. The Morgan fingerprint density at radius 2 is 1.51 bits per heavy atom. The van der Waals surface area contributed by atoms with Gasteiger partial charge in [0.15, 0.2) is 5.82 Å². The molecule has 1 aromatic heterocycles. The number of amides is 1. The Morgan fingerprint density at radius 1 is 0.857 bits per heavy atom. The van der Waals surface area contributed by atoms with Gasteiger partial charge >= 0.3 is 0 Å². The van der Waals surface area contributed by atoms with Gasteiger partial charge in [-0.3, -0.25) is 19.2 Å². The van der Waals surface area contributed by atoms with Gasteiger partial charge in [0, 0.05) is 50.5 Å². The van der Waals surface area contributed by atoms with Crippen LogP contribution in [0.4, 0.5) is 0 Å². The first-order valence-corrected chi connectivity index (χ1v) is 13.0. The van der Waals surface area contributed by atoms with Crippen LogP contribution in [-0.2, 0) is 11.5 Å². The van der Waals surface area contributed by atoms with E-state index >= 15 is 0 Å². The highest BCUT2D eigenvalue weighted by molar-refractivity contribution is 7.71. The second-order valence-corrected chi connectivity index (χ2v) is 9.98. The summed E-state index contributed by atoms with van der Waals surface area (Å²) in [5, 5.41) is 4.96. The molecular weight excluding hydrogens is 456 g/mol. The zero-order chi connectivity index (χ0) is 24.2. The molecule has 0 N–H and O–H groups in total. The van der Waals surface area contributed by atoms with Crippen LogP contribution in [0.25, 0.3) is 17.1 Å². The molecule has 7 nitrogen and oxygen atoms in total. The van der Waals surface area contributed by atoms with E-state index in [2.05, 4.69) is 57.7 Å². The van der Waals surface area contributed by atoms with Crippen molar-refractivity contribution in [1.82, 2.24) is 29.0 Å². The van der Waals surface area contributed by atoms with E-state index in [9.17, 15) is 4.79 Å². The summed E-state index contributed by atoms with van der Waals surface area (Å²) in [4.78, 5) is 19.4. The number of carbonyl (C=O) groups excluding carboxylic acids is 1. The number of hydrogen-bond acceptors (Lipinski definition) is 5. The molecule has 2 fully saturated rings. The van der Waals surface area contributed by atoms with Crippen LogP contribution >= 0.6 is 12.2 Å². The van der Waals surface area contributed by atoms with Gasteiger partial charge in [-0.25, -0.2) is 4.68 Å². The molecule has 2 aliphatic rings. The van der Waals surface area contributed by atoms with Crippen LogP contribution in [0.5, 0.6) is 0 Å². The summed E-state index contributed by atoms with van der Waals surface area (Å²) in [6.07, 6.45) is 3.53. The summed E-state index contributed by atoms with van der Waals surface area (Å²) < 4.78 is 4.69. The SMILES string of the molecule is Cc1ccc(-n2c(-c3ccccc3)nn(CN3CCN(CC(=O)N4CCCCC4)CC3)c2=S)cc1. The second-order valence-electron chi connectivity index (χ2n) is 9.62. The molecule has 5 rings (SSSR count). The molecule has 184 valence electrons. The van der Waals surface area contributed by atoms with Crippen molar-refractivity contribution in [3.05, 3.63) is 64.9 Å². The van der Waals surface area contributed by atoms with E-state index in [4.69, 9.17) is 17.3 Å². The molecule has 2 aliphatic heterocycles. The van der Waals surface area contributed by atoms with Gasteiger partial charge in [0.1, 0.15) is 0 Å². The lowest BCUT2D eigenvalue weighted by molar-refractivity contribution is -0.133. The fourth-order valence-corrected chi connectivity index (χ4v) is 5.20. The van der Waals surface area contributed by atoms with Crippen LogP contribution in [-0.4, -0.2) is 80.8 Å². The normalized spacial score (nSPS) is 17.6. The number of carbonyl (C=O) groups is 1. The third kappa shape index (κ3) is 5.55. The average Bonchev–Trinajstić information content (AvgIpc) is 3.22. The molecule has 0 radical (unpaired) electrons. The summed E-state index contributed by atoms with van der Waals surface area (Å²) in [5.41, 5.74) is 3.27. The number of rotatable bonds is 6. The topological polar surface area (TPSA) is 49.5 Å². The van der Waals surface area contributed by atoms with E-state index in [0.717, 1.165) is 69.2 Å². The van der Waals surface area contributed by atoms with Crippen LogP contribution < -0.4 is 0 Å². The van der Waals surface area contributed by atoms with Gasteiger partial charge in [0.05, 0.1) is 13.2 Å². The molecule has 0 saturated carbocycles. The zero-order valence-electron chi connectivity index (χ0n) is 20.5.